The molecule has 1 fully saturated rings. The van der Waals surface area contributed by atoms with Gasteiger partial charge in [0, 0.05) is 48.7 Å². The van der Waals surface area contributed by atoms with Crippen LogP contribution in [0.4, 0.5) is 5.69 Å². The first-order chi connectivity index (χ1) is 13.6. The molecule has 1 amide bonds. The molecule has 0 unspecified atom stereocenters. The Labute approximate surface area is 173 Å². The molecule has 4 rings (SSSR count). The Morgan fingerprint density at radius 2 is 1.89 bits per heavy atom. The number of hydrogen-bond acceptors (Lipinski definition) is 6. The van der Waals surface area contributed by atoms with Gasteiger partial charge in [0.1, 0.15) is 5.01 Å². The first kappa shape index (κ1) is 19.1. The smallest absolute Gasteiger partial charge is 0.227 e. The molecule has 1 aliphatic rings. The van der Waals surface area contributed by atoms with E-state index in [1.165, 1.54) is 5.69 Å². The van der Waals surface area contributed by atoms with Crippen LogP contribution in [-0.2, 0) is 16.0 Å². The SMILES string of the molecule is CN(C)c1ccc(-c2nc(-c3ccc(CC(=O)N4CCOCC4)s3)cs2)cc1. The number of aromatic nitrogens is 1. The number of morpholine rings is 1. The number of carbonyl (C=O) groups is 1. The molecule has 3 aromatic rings. The summed E-state index contributed by atoms with van der Waals surface area (Å²) < 4.78 is 5.32. The maximum atomic E-state index is 12.4. The fourth-order valence-electron chi connectivity index (χ4n) is 3.11. The summed E-state index contributed by atoms with van der Waals surface area (Å²) in [6.45, 7) is 2.66. The van der Waals surface area contributed by atoms with Crippen molar-refractivity contribution in [2.24, 2.45) is 0 Å². The van der Waals surface area contributed by atoms with E-state index in [-0.39, 0.29) is 5.91 Å². The lowest BCUT2D eigenvalue weighted by Crippen LogP contribution is -2.41. The largest absolute Gasteiger partial charge is 0.378 e. The van der Waals surface area contributed by atoms with Crippen LogP contribution < -0.4 is 4.90 Å². The standard InChI is InChI=1S/C21H23N3O2S2/c1-23(2)16-5-3-15(4-6-16)21-22-18(14-27-21)19-8-7-17(28-19)13-20(25)24-9-11-26-12-10-24/h3-8,14H,9-13H2,1-2H3. The number of ether oxygens (including phenoxy) is 1. The lowest BCUT2D eigenvalue weighted by Gasteiger charge is -2.26. The molecule has 1 aromatic carbocycles. The summed E-state index contributed by atoms with van der Waals surface area (Å²) in [7, 11) is 4.07. The van der Waals surface area contributed by atoms with Crippen molar-refractivity contribution >= 4 is 34.3 Å². The summed E-state index contributed by atoms with van der Waals surface area (Å²) in [4.78, 5) is 23.4. The summed E-state index contributed by atoms with van der Waals surface area (Å²) in [5.74, 6) is 0.177. The Balaban J connectivity index is 1.45. The zero-order valence-electron chi connectivity index (χ0n) is 16.1. The van der Waals surface area contributed by atoms with Gasteiger partial charge in [0.15, 0.2) is 0 Å². The maximum absolute atomic E-state index is 12.4. The number of rotatable bonds is 5. The fraction of sp³-hybridized carbons (Fsp3) is 0.333. The van der Waals surface area contributed by atoms with Crippen LogP contribution in [0.25, 0.3) is 21.1 Å². The summed E-state index contributed by atoms with van der Waals surface area (Å²) in [6, 6.07) is 12.6. The van der Waals surface area contributed by atoms with Crippen molar-refractivity contribution in [3.8, 4) is 21.1 Å². The molecule has 28 heavy (non-hydrogen) atoms. The Hall–Kier alpha value is -2.22. The quantitative estimate of drug-likeness (QED) is 0.634. The predicted octanol–water partition coefficient (Wildman–Crippen LogP) is 4.01. The Morgan fingerprint density at radius 3 is 2.61 bits per heavy atom. The fourth-order valence-corrected chi connectivity index (χ4v) is 4.97. The van der Waals surface area contributed by atoms with Gasteiger partial charge < -0.3 is 14.5 Å². The highest BCUT2D eigenvalue weighted by molar-refractivity contribution is 7.16. The molecule has 146 valence electrons. The number of thiophene rings is 1. The van der Waals surface area contributed by atoms with E-state index < -0.39 is 0 Å². The minimum absolute atomic E-state index is 0.177. The summed E-state index contributed by atoms with van der Waals surface area (Å²) in [5, 5.41) is 3.11. The third kappa shape index (κ3) is 4.27. The highest BCUT2D eigenvalue weighted by Crippen LogP contribution is 2.33. The van der Waals surface area contributed by atoms with Gasteiger partial charge in [-0.1, -0.05) is 0 Å². The Morgan fingerprint density at radius 1 is 1.14 bits per heavy atom. The Kier molecular flexibility index (Phi) is 5.75. The van der Waals surface area contributed by atoms with Gasteiger partial charge in [-0.15, -0.1) is 22.7 Å². The van der Waals surface area contributed by atoms with Crippen LogP contribution in [-0.4, -0.2) is 56.2 Å². The number of benzene rings is 1. The van der Waals surface area contributed by atoms with Crippen molar-refractivity contribution in [2.75, 3.05) is 45.3 Å². The number of carbonyl (C=O) groups excluding carboxylic acids is 1. The van der Waals surface area contributed by atoms with Crippen molar-refractivity contribution < 1.29 is 9.53 Å². The lowest BCUT2D eigenvalue weighted by molar-refractivity contribution is -0.134. The molecule has 1 saturated heterocycles. The second-order valence-corrected chi connectivity index (χ2v) is 8.94. The summed E-state index contributed by atoms with van der Waals surface area (Å²) >= 11 is 3.30. The summed E-state index contributed by atoms with van der Waals surface area (Å²) in [6.07, 6.45) is 0.452. The molecule has 0 spiro atoms. The molecule has 5 nitrogen and oxygen atoms in total. The first-order valence-electron chi connectivity index (χ1n) is 9.28. The average Bonchev–Trinajstić information content (AvgIpc) is 3.38. The second-order valence-electron chi connectivity index (χ2n) is 6.92. The van der Waals surface area contributed by atoms with E-state index in [4.69, 9.17) is 9.72 Å². The van der Waals surface area contributed by atoms with E-state index in [0.29, 0.717) is 32.7 Å². The van der Waals surface area contributed by atoms with E-state index >= 15 is 0 Å². The van der Waals surface area contributed by atoms with Crippen LogP contribution >= 0.6 is 22.7 Å². The third-order valence-corrected chi connectivity index (χ3v) is 6.74. The third-order valence-electron chi connectivity index (χ3n) is 4.74. The van der Waals surface area contributed by atoms with Gasteiger partial charge in [0.05, 0.1) is 30.2 Å². The van der Waals surface area contributed by atoms with E-state index in [1.807, 2.05) is 25.1 Å². The molecular formula is C21H23N3O2S2. The van der Waals surface area contributed by atoms with Gasteiger partial charge in [0.2, 0.25) is 5.91 Å². The highest BCUT2D eigenvalue weighted by Gasteiger charge is 2.18. The van der Waals surface area contributed by atoms with Gasteiger partial charge in [-0.05, 0) is 36.4 Å². The van der Waals surface area contributed by atoms with Crippen molar-refractivity contribution in [3.63, 3.8) is 0 Å². The van der Waals surface area contributed by atoms with E-state index in [9.17, 15) is 4.79 Å². The van der Waals surface area contributed by atoms with Crippen LogP contribution in [0.15, 0.2) is 41.8 Å². The number of thiazole rings is 1. The highest BCUT2D eigenvalue weighted by atomic mass is 32.1. The number of anilines is 1. The van der Waals surface area contributed by atoms with Crippen molar-refractivity contribution in [2.45, 2.75) is 6.42 Å². The van der Waals surface area contributed by atoms with E-state index in [2.05, 4.69) is 40.6 Å². The second kappa shape index (κ2) is 8.43. The normalized spacial score (nSPS) is 14.3. The van der Waals surface area contributed by atoms with E-state index in [0.717, 1.165) is 26.0 Å². The monoisotopic (exact) mass is 413 g/mol. The molecule has 0 aliphatic carbocycles. The maximum Gasteiger partial charge on any atom is 0.227 e. The molecule has 0 N–H and O–H groups in total. The number of hydrogen-bond donors (Lipinski definition) is 0. The molecule has 0 radical (unpaired) electrons. The zero-order chi connectivity index (χ0) is 19.5. The van der Waals surface area contributed by atoms with Crippen molar-refractivity contribution in [1.82, 2.24) is 9.88 Å². The first-order valence-corrected chi connectivity index (χ1v) is 11.0. The molecule has 3 heterocycles. The van der Waals surface area contributed by atoms with Crippen LogP contribution in [0, 0.1) is 0 Å². The summed E-state index contributed by atoms with van der Waals surface area (Å²) in [5.41, 5.74) is 3.28. The van der Waals surface area contributed by atoms with Crippen molar-refractivity contribution in [1.29, 1.82) is 0 Å². The molecule has 7 heteroatoms. The lowest BCUT2D eigenvalue weighted by atomic mass is 10.2. The van der Waals surface area contributed by atoms with Crippen molar-refractivity contribution in [3.05, 3.63) is 46.7 Å². The van der Waals surface area contributed by atoms with Crippen LogP contribution in [0.5, 0.6) is 0 Å². The molecule has 0 atom stereocenters. The Bertz CT molecular complexity index is 941. The van der Waals surface area contributed by atoms with Gasteiger partial charge >= 0.3 is 0 Å². The van der Waals surface area contributed by atoms with Gasteiger partial charge in [0.25, 0.3) is 0 Å². The van der Waals surface area contributed by atoms with Gasteiger partial charge in [-0.25, -0.2) is 4.98 Å². The number of amides is 1. The van der Waals surface area contributed by atoms with Gasteiger partial charge in [-0.3, -0.25) is 4.79 Å². The molecule has 1 aliphatic heterocycles. The predicted molar refractivity (Wildman–Crippen MR) is 116 cm³/mol. The minimum Gasteiger partial charge on any atom is -0.378 e. The molecule has 2 aromatic heterocycles. The van der Waals surface area contributed by atoms with E-state index in [1.54, 1.807) is 22.7 Å². The zero-order valence-corrected chi connectivity index (χ0v) is 17.7. The number of nitrogens with zero attached hydrogens (tertiary/aromatic N) is 3. The minimum atomic E-state index is 0.177. The van der Waals surface area contributed by atoms with Crippen LogP contribution in [0.2, 0.25) is 0 Å². The van der Waals surface area contributed by atoms with Crippen LogP contribution in [0.3, 0.4) is 0 Å². The molecule has 0 saturated carbocycles. The van der Waals surface area contributed by atoms with Gasteiger partial charge in [-0.2, -0.15) is 0 Å². The molecule has 0 bridgehead atoms. The topological polar surface area (TPSA) is 45.7 Å². The average molecular weight is 414 g/mol. The molecular weight excluding hydrogens is 390 g/mol. The van der Waals surface area contributed by atoms with Crippen LogP contribution in [0.1, 0.15) is 4.88 Å².